The molecule has 2 fully saturated rings. The first-order chi connectivity index (χ1) is 15.8. The molecule has 7 atom stereocenters. The molecule has 7 heteroatoms. The summed E-state index contributed by atoms with van der Waals surface area (Å²) >= 11 is 0. The Labute approximate surface area is 207 Å². The van der Waals surface area contributed by atoms with Crippen LogP contribution in [0.25, 0.3) is 0 Å². The summed E-state index contributed by atoms with van der Waals surface area (Å²) in [6, 6.07) is 0.0623. The Morgan fingerprint density at radius 2 is 1.68 bits per heavy atom. The van der Waals surface area contributed by atoms with Crippen LogP contribution >= 0.6 is 0 Å². The number of nitrogens with zero attached hydrogens (tertiary/aromatic N) is 1. The van der Waals surface area contributed by atoms with Gasteiger partial charge >= 0.3 is 0 Å². The van der Waals surface area contributed by atoms with Crippen molar-refractivity contribution in [1.82, 2.24) is 10.2 Å². The summed E-state index contributed by atoms with van der Waals surface area (Å²) in [7, 11) is 3.27. The highest BCUT2D eigenvalue weighted by atomic mass is 16.5. The SMILES string of the molecule is COCCN(CCOC)C(=O)[C@@H](C)[C@H]1CC[C@@]2(C)CC[C@H](NC(=O)CC(C)(C)C)[C@@H](C)[C@@H]2[C@H]1O. The highest BCUT2D eigenvalue weighted by Crippen LogP contribution is 2.55. The van der Waals surface area contributed by atoms with Gasteiger partial charge in [0.05, 0.1) is 19.3 Å². The van der Waals surface area contributed by atoms with E-state index in [1.54, 1.807) is 19.1 Å². The lowest BCUT2D eigenvalue weighted by Crippen LogP contribution is -2.59. The fourth-order valence-electron chi connectivity index (χ4n) is 6.44. The molecule has 2 aliphatic carbocycles. The molecule has 2 rings (SSSR count). The fraction of sp³-hybridized carbons (Fsp3) is 0.926. The maximum absolute atomic E-state index is 13.4. The van der Waals surface area contributed by atoms with Crippen molar-refractivity contribution in [2.75, 3.05) is 40.5 Å². The van der Waals surface area contributed by atoms with E-state index in [9.17, 15) is 14.7 Å². The molecule has 0 aromatic carbocycles. The molecule has 0 bridgehead atoms. The smallest absolute Gasteiger partial charge is 0.225 e. The van der Waals surface area contributed by atoms with Gasteiger partial charge in [0.1, 0.15) is 0 Å². The second kappa shape index (κ2) is 12.2. The van der Waals surface area contributed by atoms with Crippen molar-refractivity contribution in [2.45, 2.75) is 85.8 Å². The van der Waals surface area contributed by atoms with Crippen LogP contribution in [0.15, 0.2) is 0 Å². The summed E-state index contributed by atoms with van der Waals surface area (Å²) in [5.41, 5.74) is -0.0195. The summed E-state index contributed by atoms with van der Waals surface area (Å²) in [5, 5.41) is 14.9. The van der Waals surface area contributed by atoms with E-state index in [0.717, 1.165) is 25.7 Å². The number of carbonyl (C=O) groups is 2. The van der Waals surface area contributed by atoms with E-state index < -0.39 is 6.10 Å². The normalized spacial score (nSPS) is 32.6. The molecule has 34 heavy (non-hydrogen) atoms. The predicted molar refractivity (Wildman–Crippen MR) is 134 cm³/mol. The number of aliphatic hydroxyl groups excluding tert-OH is 1. The molecule has 2 saturated carbocycles. The van der Waals surface area contributed by atoms with Crippen LogP contribution in [-0.4, -0.2) is 74.5 Å². The lowest BCUT2D eigenvalue weighted by atomic mass is 9.51. The van der Waals surface area contributed by atoms with Crippen molar-refractivity contribution in [3.8, 4) is 0 Å². The molecular weight excluding hydrogens is 432 g/mol. The molecule has 0 radical (unpaired) electrons. The van der Waals surface area contributed by atoms with Crippen LogP contribution in [-0.2, 0) is 19.1 Å². The van der Waals surface area contributed by atoms with Gasteiger partial charge in [-0.2, -0.15) is 0 Å². The number of fused-ring (bicyclic) bond motifs is 1. The van der Waals surface area contributed by atoms with Gasteiger partial charge in [0.25, 0.3) is 0 Å². The number of methoxy groups -OCH3 is 2. The van der Waals surface area contributed by atoms with Crippen LogP contribution in [0.2, 0.25) is 0 Å². The third-order valence-electron chi connectivity index (χ3n) is 8.40. The average molecular weight is 483 g/mol. The number of rotatable bonds is 10. The van der Waals surface area contributed by atoms with Crippen LogP contribution in [0.3, 0.4) is 0 Å². The molecule has 0 aliphatic heterocycles. The van der Waals surface area contributed by atoms with Gasteiger partial charge in [-0.1, -0.05) is 41.5 Å². The van der Waals surface area contributed by atoms with E-state index in [2.05, 4.69) is 39.9 Å². The number of carbonyl (C=O) groups excluding carboxylic acids is 2. The molecule has 0 aromatic rings. The highest BCUT2D eigenvalue weighted by Gasteiger charge is 2.54. The molecular formula is C27H50N2O5. The lowest BCUT2D eigenvalue weighted by Gasteiger charge is -2.56. The van der Waals surface area contributed by atoms with Gasteiger partial charge < -0.3 is 24.8 Å². The van der Waals surface area contributed by atoms with E-state index >= 15 is 0 Å². The largest absolute Gasteiger partial charge is 0.392 e. The zero-order valence-electron chi connectivity index (χ0n) is 22.9. The van der Waals surface area contributed by atoms with Crippen LogP contribution in [0, 0.1) is 34.5 Å². The van der Waals surface area contributed by atoms with Gasteiger partial charge in [0.15, 0.2) is 0 Å². The number of hydrogen-bond acceptors (Lipinski definition) is 5. The Morgan fingerprint density at radius 1 is 1.12 bits per heavy atom. The Morgan fingerprint density at radius 3 is 2.21 bits per heavy atom. The van der Waals surface area contributed by atoms with Crippen LogP contribution in [0.4, 0.5) is 0 Å². The molecule has 2 N–H and O–H groups in total. The minimum absolute atomic E-state index is 0.0368. The second-order valence-corrected chi connectivity index (χ2v) is 12.3. The van der Waals surface area contributed by atoms with E-state index in [-0.39, 0.29) is 52.4 Å². The van der Waals surface area contributed by atoms with Crippen molar-refractivity contribution in [3.63, 3.8) is 0 Å². The maximum atomic E-state index is 13.4. The monoisotopic (exact) mass is 482 g/mol. The van der Waals surface area contributed by atoms with Gasteiger partial charge in [0.2, 0.25) is 11.8 Å². The van der Waals surface area contributed by atoms with Crippen molar-refractivity contribution in [2.24, 2.45) is 34.5 Å². The second-order valence-electron chi connectivity index (χ2n) is 12.3. The molecule has 2 aliphatic rings. The average Bonchev–Trinajstić information content (AvgIpc) is 2.74. The highest BCUT2D eigenvalue weighted by molar-refractivity contribution is 5.79. The summed E-state index contributed by atoms with van der Waals surface area (Å²) in [6.07, 6.45) is 3.70. The minimum atomic E-state index is -0.568. The van der Waals surface area contributed by atoms with Crippen molar-refractivity contribution in [1.29, 1.82) is 0 Å². The fourth-order valence-corrected chi connectivity index (χ4v) is 6.44. The molecule has 2 amide bonds. The summed E-state index contributed by atoms with van der Waals surface area (Å²) in [5.74, 6) is -0.0195. The van der Waals surface area contributed by atoms with Crippen LogP contribution < -0.4 is 5.32 Å². The maximum Gasteiger partial charge on any atom is 0.225 e. The van der Waals surface area contributed by atoms with Crippen LogP contribution in [0.1, 0.15) is 73.6 Å². The molecule has 0 spiro atoms. The first-order valence-corrected chi connectivity index (χ1v) is 13.1. The summed E-state index contributed by atoms with van der Waals surface area (Å²) in [4.78, 5) is 27.9. The number of ether oxygens (including phenoxy) is 2. The Balaban J connectivity index is 2.14. The van der Waals surface area contributed by atoms with Crippen molar-refractivity contribution in [3.05, 3.63) is 0 Å². The topological polar surface area (TPSA) is 88.1 Å². The predicted octanol–water partition coefficient (Wildman–Crippen LogP) is 3.49. The molecule has 7 nitrogen and oxygen atoms in total. The van der Waals surface area contributed by atoms with E-state index in [0.29, 0.717) is 32.7 Å². The van der Waals surface area contributed by atoms with Gasteiger partial charge in [-0.05, 0) is 54.3 Å². The lowest BCUT2D eigenvalue weighted by molar-refractivity contribution is -0.152. The first-order valence-electron chi connectivity index (χ1n) is 13.1. The van der Waals surface area contributed by atoms with E-state index in [4.69, 9.17) is 9.47 Å². The first kappa shape index (κ1) is 29.1. The summed E-state index contributed by atoms with van der Waals surface area (Å²) < 4.78 is 10.4. The van der Waals surface area contributed by atoms with Gasteiger partial charge in [-0.3, -0.25) is 9.59 Å². The molecule has 0 heterocycles. The Hall–Kier alpha value is -1.18. The third kappa shape index (κ3) is 7.17. The van der Waals surface area contributed by atoms with Gasteiger partial charge in [-0.25, -0.2) is 0 Å². The van der Waals surface area contributed by atoms with Gasteiger partial charge in [-0.15, -0.1) is 0 Å². The third-order valence-corrected chi connectivity index (χ3v) is 8.40. The van der Waals surface area contributed by atoms with Crippen molar-refractivity contribution < 1.29 is 24.2 Å². The summed E-state index contributed by atoms with van der Waals surface area (Å²) in [6.45, 7) is 14.6. The number of aliphatic hydroxyl groups is 1. The number of amides is 2. The van der Waals surface area contributed by atoms with E-state index in [1.165, 1.54) is 0 Å². The van der Waals surface area contributed by atoms with E-state index in [1.807, 2.05) is 6.92 Å². The zero-order chi connectivity index (χ0) is 25.7. The zero-order valence-corrected chi connectivity index (χ0v) is 22.9. The Kier molecular flexibility index (Phi) is 10.4. The Bertz CT molecular complexity index is 670. The van der Waals surface area contributed by atoms with Crippen LogP contribution in [0.5, 0.6) is 0 Å². The van der Waals surface area contributed by atoms with Gasteiger partial charge in [0, 0.05) is 45.7 Å². The molecule has 0 saturated heterocycles. The molecule has 0 unspecified atom stereocenters. The van der Waals surface area contributed by atoms with Crippen molar-refractivity contribution >= 4 is 11.8 Å². The standard InChI is InChI=1S/C27H50N2O5/c1-18(25(32)29(13-15-33-7)14-16-34-8)20-9-11-27(6)12-10-21(19(2)23(27)24(20)31)28-22(30)17-26(3,4)5/h18-21,23-24,31H,9-17H2,1-8H3,(H,28,30)/t18-,19+,20+,21-,23+,24-,27-/m0/s1. The minimum Gasteiger partial charge on any atom is -0.392 e. The quantitative estimate of drug-likeness (QED) is 0.498. The molecule has 0 aromatic heterocycles. The molecule has 198 valence electrons. The number of hydrogen-bond donors (Lipinski definition) is 2. The number of nitrogens with one attached hydrogen (secondary N) is 1.